The lowest BCUT2D eigenvalue weighted by Crippen LogP contribution is -2.54. The van der Waals surface area contributed by atoms with Gasteiger partial charge in [-0.1, -0.05) is 23.7 Å². The maximum absolute atomic E-state index is 13.3. The lowest BCUT2D eigenvalue weighted by molar-refractivity contribution is -0.122. The molecule has 0 spiro atoms. The summed E-state index contributed by atoms with van der Waals surface area (Å²) in [6.07, 6.45) is 1.53. The van der Waals surface area contributed by atoms with Crippen molar-refractivity contribution in [1.29, 1.82) is 0 Å². The Hall–Kier alpha value is -3.75. The minimum Gasteiger partial charge on any atom is -0.478 e. The van der Waals surface area contributed by atoms with E-state index in [4.69, 9.17) is 23.8 Å². The molecule has 0 atom stereocenters. The van der Waals surface area contributed by atoms with Crippen LogP contribution in [0.2, 0.25) is 5.02 Å². The van der Waals surface area contributed by atoms with Gasteiger partial charge in [-0.15, -0.1) is 0 Å². The summed E-state index contributed by atoms with van der Waals surface area (Å²) < 4.78 is 1.95. The highest BCUT2D eigenvalue weighted by Gasteiger charge is 2.35. The monoisotopic (exact) mass is 493 g/mol. The zero-order valence-corrected chi connectivity index (χ0v) is 20.1. The average Bonchev–Trinajstić information content (AvgIpc) is 3.05. The molecular weight excluding hydrogens is 474 g/mol. The number of nitrogens with one attached hydrogen (secondary N) is 1. The fourth-order valence-electron chi connectivity index (χ4n) is 4.01. The Morgan fingerprint density at radius 3 is 2.41 bits per heavy atom. The van der Waals surface area contributed by atoms with Crippen LogP contribution < -0.4 is 10.2 Å². The molecule has 3 aromatic rings. The van der Waals surface area contributed by atoms with E-state index in [0.29, 0.717) is 16.3 Å². The maximum atomic E-state index is 13.3. The first-order valence-corrected chi connectivity index (χ1v) is 11.1. The van der Waals surface area contributed by atoms with Crippen molar-refractivity contribution in [2.24, 2.45) is 0 Å². The standard InChI is InChI=1S/C25H20ClN3O4S/c1-13-10-16(24(32)33)8-9-20(13)28-14(2)11-17(15(28)3)12-18-22(30)27-25(34)29(23(18)31)21-7-5-4-6-19(21)26/h4-12H,1-3H3,(H,32,33)(H,27,30,34)/b18-12-. The van der Waals surface area contributed by atoms with Crippen molar-refractivity contribution < 1.29 is 19.5 Å². The van der Waals surface area contributed by atoms with Crippen LogP contribution in [-0.4, -0.2) is 32.6 Å². The number of carboxylic acid groups (broad SMARTS) is 1. The molecule has 0 saturated carbocycles. The number of hydrogen-bond acceptors (Lipinski definition) is 4. The quantitative estimate of drug-likeness (QED) is 0.315. The molecule has 4 rings (SSSR count). The number of hydrogen-bond donors (Lipinski definition) is 2. The van der Waals surface area contributed by atoms with Gasteiger partial charge in [0, 0.05) is 17.1 Å². The minimum atomic E-state index is -0.996. The number of carbonyl (C=O) groups is 3. The number of amides is 2. The highest BCUT2D eigenvalue weighted by atomic mass is 35.5. The molecule has 9 heteroatoms. The van der Waals surface area contributed by atoms with E-state index in [1.54, 1.807) is 42.5 Å². The highest BCUT2D eigenvalue weighted by Crippen LogP contribution is 2.30. The molecule has 1 fully saturated rings. The number of anilines is 1. The van der Waals surface area contributed by atoms with Gasteiger partial charge in [0.1, 0.15) is 5.57 Å². The number of aromatic nitrogens is 1. The third-order valence-corrected chi connectivity index (χ3v) is 6.25. The van der Waals surface area contributed by atoms with E-state index in [1.165, 1.54) is 11.0 Å². The summed E-state index contributed by atoms with van der Waals surface area (Å²) in [7, 11) is 0. The Morgan fingerprint density at radius 2 is 1.76 bits per heavy atom. The fourth-order valence-corrected chi connectivity index (χ4v) is 4.50. The number of benzene rings is 2. The van der Waals surface area contributed by atoms with Crippen LogP contribution in [0.4, 0.5) is 5.69 Å². The van der Waals surface area contributed by atoms with Crippen molar-refractivity contribution in [2.45, 2.75) is 20.8 Å². The van der Waals surface area contributed by atoms with Gasteiger partial charge in [-0.25, -0.2) is 4.79 Å². The third-order valence-electron chi connectivity index (χ3n) is 5.65. The van der Waals surface area contributed by atoms with Gasteiger partial charge in [0.25, 0.3) is 11.8 Å². The fraction of sp³-hybridized carbons (Fsp3) is 0.120. The summed E-state index contributed by atoms with van der Waals surface area (Å²) in [5.41, 5.74) is 4.41. The molecule has 2 amide bonds. The summed E-state index contributed by atoms with van der Waals surface area (Å²) in [4.78, 5) is 38.5. The van der Waals surface area contributed by atoms with Gasteiger partial charge in [0.15, 0.2) is 5.11 Å². The van der Waals surface area contributed by atoms with Gasteiger partial charge < -0.3 is 9.67 Å². The van der Waals surface area contributed by atoms with Crippen LogP contribution in [0.15, 0.2) is 54.1 Å². The molecule has 172 valence electrons. The second kappa shape index (κ2) is 8.89. The van der Waals surface area contributed by atoms with Crippen LogP contribution in [0.25, 0.3) is 11.8 Å². The zero-order valence-electron chi connectivity index (χ0n) is 18.5. The van der Waals surface area contributed by atoms with Crippen molar-refractivity contribution in [3.63, 3.8) is 0 Å². The lowest BCUT2D eigenvalue weighted by atomic mass is 10.1. The van der Waals surface area contributed by atoms with Crippen molar-refractivity contribution >= 4 is 58.5 Å². The predicted octanol–water partition coefficient (Wildman–Crippen LogP) is 4.59. The van der Waals surface area contributed by atoms with E-state index in [0.717, 1.165) is 22.6 Å². The van der Waals surface area contributed by atoms with Gasteiger partial charge in [0.2, 0.25) is 0 Å². The number of thiocarbonyl (C=S) groups is 1. The van der Waals surface area contributed by atoms with Crippen LogP contribution in [0.5, 0.6) is 0 Å². The molecule has 0 unspecified atom stereocenters. The van der Waals surface area contributed by atoms with Gasteiger partial charge in [-0.3, -0.25) is 19.8 Å². The van der Waals surface area contributed by atoms with E-state index in [2.05, 4.69) is 5.32 Å². The molecule has 1 aliphatic rings. The number of carboxylic acids is 1. The Kier molecular flexibility index (Phi) is 6.12. The van der Waals surface area contributed by atoms with Crippen LogP contribution in [0.1, 0.15) is 32.9 Å². The van der Waals surface area contributed by atoms with Gasteiger partial charge in [0.05, 0.1) is 16.3 Å². The predicted molar refractivity (Wildman–Crippen MR) is 135 cm³/mol. The van der Waals surface area contributed by atoms with E-state index >= 15 is 0 Å². The summed E-state index contributed by atoms with van der Waals surface area (Å²) in [6.45, 7) is 5.60. The van der Waals surface area contributed by atoms with Crippen LogP contribution >= 0.6 is 23.8 Å². The van der Waals surface area contributed by atoms with Crippen molar-refractivity contribution in [2.75, 3.05) is 4.90 Å². The Bertz CT molecular complexity index is 1420. The molecule has 1 aliphatic heterocycles. The number of rotatable bonds is 4. The maximum Gasteiger partial charge on any atom is 0.335 e. The molecule has 0 aliphatic carbocycles. The second-order valence-electron chi connectivity index (χ2n) is 7.88. The van der Waals surface area contributed by atoms with Gasteiger partial charge in [-0.2, -0.15) is 0 Å². The van der Waals surface area contributed by atoms with Crippen molar-refractivity contribution in [1.82, 2.24) is 9.88 Å². The summed E-state index contributed by atoms with van der Waals surface area (Å²) in [5.74, 6) is -2.16. The molecular formula is C25H20ClN3O4S. The zero-order chi connectivity index (χ0) is 24.7. The van der Waals surface area contributed by atoms with Gasteiger partial charge in [-0.05, 0) is 86.6 Å². The van der Waals surface area contributed by atoms with E-state index < -0.39 is 17.8 Å². The topological polar surface area (TPSA) is 91.6 Å². The highest BCUT2D eigenvalue weighted by molar-refractivity contribution is 7.80. The third kappa shape index (κ3) is 4.02. The largest absolute Gasteiger partial charge is 0.478 e. The molecule has 7 nitrogen and oxygen atoms in total. The molecule has 2 N–H and O–H groups in total. The van der Waals surface area contributed by atoms with Crippen LogP contribution in [-0.2, 0) is 9.59 Å². The Labute approximate surface area is 206 Å². The molecule has 1 aromatic heterocycles. The first-order chi connectivity index (χ1) is 16.1. The van der Waals surface area contributed by atoms with Gasteiger partial charge >= 0.3 is 5.97 Å². The number of aryl methyl sites for hydroxylation is 2. The molecule has 34 heavy (non-hydrogen) atoms. The van der Waals surface area contributed by atoms with Crippen molar-refractivity contribution in [3.8, 4) is 5.69 Å². The van der Waals surface area contributed by atoms with E-state index in [-0.39, 0.29) is 16.2 Å². The number of aromatic carboxylic acids is 1. The van der Waals surface area contributed by atoms with E-state index in [9.17, 15) is 19.5 Å². The summed E-state index contributed by atoms with van der Waals surface area (Å²) in [6, 6.07) is 13.5. The number of nitrogens with zero attached hydrogens (tertiary/aromatic N) is 2. The molecule has 1 saturated heterocycles. The van der Waals surface area contributed by atoms with Crippen LogP contribution in [0, 0.1) is 20.8 Å². The Morgan fingerprint density at radius 1 is 1.06 bits per heavy atom. The molecule has 0 bridgehead atoms. The first kappa shape index (κ1) is 23.4. The lowest BCUT2D eigenvalue weighted by Gasteiger charge is -2.29. The summed E-state index contributed by atoms with van der Waals surface area (Å²) >= 11 is 11.5. The van der Waals surface area contributed by atoms with Crippen LogP contribution in [0.3, 0.4) is 0 Å². The molecule has 2 heterocycles. The SMILES string of the molecule is Cc1cc(C(=O)O)ccc1-n1c(C)cc(/C=C2/C(=O)NC(=S)N(c3ccccc3Cl)C2=O)c1C. The van der Waals surface area contributed by atoms with Crippen molar-refractivity contribution in [3.05, 3.63) is 87.2 Å². The smallest absolute Gasteiger partial charge is 0.335 e. The number of carbonyl (C=O) groups excluding carboxylic acids is 2. The summed E-state index contributed by atoms with van der Waals surface area (Å²) in [5, 5.41) is 12.1. The normalized spacial score (nSPS) is 15.1. The number of halogens is 1. The molecule has 2 aromatic carbocycles. The number of para-hydroxylation sites is 1. The first-order valence-electron chi connectivity index (χ1n) is 10.3. The minimum absolute atomic E-state index is 0.0418. The second-order valence-corrected chi connectivity index (χ2v) is 8.67. The molecule has 0 radical (unpaired) electrons. The van der Waals surface area contributed by atoms with E-state index in [1.807, 2.05) is 31.4 Å². The Balaban J connectivity index is 1.78. The average molecular weight is 494 g/mol.